The lowest BCUT2D eigenvalue weighted by atomic mass is 10.2. The number of nitrogens with one attached hydrogen (secondary N) is 1. The molecule has 0 saturated carbocycles. The molecule has 0 aromatic carbocycles. The van der Waals surface area contributed by atoms with Crippen molar-refractivity contribution in [2.75, 3.05) is 11.9 Å². The van der Waals surface area contributed by atoms with Crippen LogP contribution in [-0.4, -0.2) is 26.5 Å². The molecule has 2 aromatic rings. The predicted molar refractivity (Wildman–Crippen MR) is 65.9 cm³/mol. The van der Waals surface area contributed by atoms with Crippen molar-refractivity contribution in [3.63, 3.8) is 0 Å². The number of aliphatic hydroxyl groups is 1. The minimum Gasteiger partial charge on any atom is -0.394 e. The van der Waals surface area contributed by atoms with E-state index in [4.69, 9.17) is 5.11 Å². The fourth-order valence-electron chi connectivity index (χ4n) is 1.70. The quantitative estimate of drug-likeness (QED) is 0.881. The molecule has 2 N–H and O–H groups in total. The number of rotatable bonds is 5. The van der Waals surface area contributed by atoms with Crippen molar-refractivity contribution in [1.29, 1.82) is 0 Å². The summed E-state index contributed by atoms with van der Waals surface area (Å²) in [5, 5.41) is 15.5. The highest BCUT2D eigenvalue weighted by molar-refractivity contribution is 5.39. The van der Waals surface area contributed by atoms with Crippen LogP contribution in [0.1, 0.15) is 11.3 Å². The van der Waals surface area contributed by atoms with Gasteiger partial charge in [0.05, 0.1) is 42.8 Å². The minimum atomic E-state index is -4.42. The minimum absolute atomic E-state index is 0.0551. The summed E-state index contributed by atoms with van der Waals surface area (Å²) in [6.45, 7) is 0.221. The third-order valence-corrected chi connectivity index (χ3v) is 2.62. The van der Waals surface area contributed by atoms with Gasteiger partial charge in [0.15, 0.2) is 0 Å². The number of aromatic nitrogens is 3. The van der Waals surface area contributed by atoms with Gasteiger partial charge >= 0.3 is 6.18 Å². The smallest absolute Gasteiger partial charge is 0.394 e. The van der Waals surface area contributed by atoms with Crippen molar-refractivity contribution in [3.8, 4) is 0 Å². The van der Waals surface area contributed by atoms with Crippen LogP contribution in [0.3, 0.4) is 0 Å². The molecule has 8 heteroatoms. The van der Waals surface area contributed by atoms with Crippen molar-refractivity contribution in [2.45, 2.75) is 19.3 Å². The van der Waals surface area contributed by atoms with Gasteiger partial charge in [-0.25, -0.2) is 0 Å². The zero-order valence-electron chi connectivity index (χ0n) is 10.4. The first kappa shape index (κ1) is 14.3. The fourth-order valence-corrected chi connectivity index (χ4v) is 1.70. The molecule has 0 aliphatic rings. The van der Waals surface area contributed by atoms with Crippen LogP contribution in [0.2, 0.25) is 0 Å². The van der Waals surface area contributed by atoms with Gasteiger partial charge in [0.25, 0.3) is 0 Å². The van der Waals surface area contributed by atoms with E-state index < -0.39 is 11.7 Å². The van der Waals surface area contributed by atoms with E-state index in [0.29, 0.717) is 12.2 Å². The van der Waals surface area contributed by atoms with E-state index in [9.17, 15) is 13.2 Å². The van der Waals surface area contributed by atoms with Crippen LogP contribution in [0, 0.1) is 0 Å². The molecular weight excluding hydrogens is 273 g/mol. The van der Waals surface area contributed by atoms with E-state index in [2.05, 4.69) is 15.4 Å². The topological polar surface area (TPSA) is 63.0 Å². The molecule has 2 heterocycles. The Morgan fingerprint density at radius 3 is 2.85 bits per heavy atom. The zero-order chi connectivity index (χ0) is 14.6. The maximum absolute atomic E-state index is 12.8. The normalized spacial score (nSPS) is 11.6. The monoisotopic (exact) mass is 286 g/mol. The lowest BCUT2D eigenvalue weighted by Gasteiger charge is -2.11. The number of nitrogens with zero attached hydrogens (tertiary/aromatic N) is 3. The second kappa shape index (κ2) is 5.91. The van der Waals surface area contributed by atoms with Crippen LogP contribution in [0.25, 0.3) is 0 Å². The zero-order valence-corrected chi connectivity index (χ0v) is 10.4. The number of halogens is 3. The highest BCUT2D eigenvalue weighted by Gasteiger charge is 2.33. The maximum Gasteiger partial charge on any atom is 0.418 e. The second-order valence-electron chi connectivity index (χ2n) is 4.06. The van der Waals surface area contributed by atoms with Crippen molar-refractivity contribution in [2.24, 2.45) is 0 Å². The third-order valence-electron chi connectivity index (χ3n) is 2.62. The molecule has 0 bridgehead atoms. The van der Waals surface area contributed by atoms with Crippen LogP contribution in [0.5, 0.6) is 0 Å². The van der Waals surface area contributed by atoms with Crippen molar-refractivity contribution >= 4 is 5.69 Å². The Hall–Kier alpha value is -2.09. The van der Waals surface area contributed by atoms with E-state index in [-0.39, 0.29) is 18.8 Å². The molecule has 0 radical (unpaired) electrons. The van der Waals surface area contributed by atoms with Crippen LogP contribution >= 0.6 is 0 Å². The van der Waals surface area contributed by atoms with Crippen LogP contribution in [0.15, 0.2) is 30.7 Å². The first-order valence-corrected chi connectivity index (χ1v) is 5.89. The van der Waals surface area contributed by atoms with Gasteiger partial charge in [0, 0.05) is 12.4 Å². The summed E-state index contributed by atoms with van der Waals surface area (Å²) in [5.74, 6) is 0. The molecule has 0 aliphatic heterocycles. The first-order valence-electron chi connectivity index (χ1n) is 5.89. The molecule has 0 unspecified atom stereocenters. The molecule has 0 aliphatic carbocycles. The lowest BCUT2D eigenvalue weighted by molar-refractivity contribution is -0.138. The van der Waals surface area contributed by atoms with E-state index in [1.165, 1.54) is 23.1 Å². The summed E-state index contributed by atoms with van der Waals surface area (Å²) in [6.07, 6.45) is -0.0218. The molecule has 2 aromatic heterocycles. The summed E-state index contributed by atoms with van der Waals surface area (Å²) in [4.78, 5) is 3.75. The summed E-state index contributed by atoms with van der Waals surface area (Å²) in [5.41, 5.74) is -0.262. The Kier molecular flexibility index (Phi) is 4.23. The van der Waals surface area contributed by atoms with Gasteiger partial charge in [0.2, 0.25) is 0 Å². The molecule has 0 spiro atoms. The Morgan fingerprint density at radius 2 is 2.15 bits per heavy atom. The molecule has 5 nitrogen and oxygen atoms in total. The van der Waals surface area contributed by atoms with Crippen LogP contribution in [0.4, 0.5) is 18.9 Å². The SMILES string of the molecule is OCCn1cc(NCc2ncccc2C(F)(F)F)cn1. The van der Waals surface area contributed by atoms with E-state index in [0.717, 1.165) is 6.07 Å². The van der Waals surface area contributed by atoms with Crippen molar-refractivity contribution < 1.29 is 18.3 Å². The summed E-state index contributed by atoms with van der Waals surface area (Å²) in [6, 6.07) is 2.25. The van der Waals surface area contributed by atoms with Crippen molar-refractivity contribution in [1.82, 2.24) is 14.8 Å². The largest absolute Gasteiger partial charge is 0.418 e. The molecule has 0 fully saturated rings. The Balaban J connectivity index is 2.07. The van der Waals surface area contributed by atoms with E-state index >= 15 is 0 Å². The van der Waals surface area contributed by atoms with Crippen LogP contribution < -0.4 is 5.32 Å². The number of anilines is 1. The third kappa shape index (κ3) is 3.47. The fraction of sp³-hybridized carbons (Fsp3) is 0.333. The number of pyridine rings is 1. The predicted octanol–water partition coefficient (Wildman–Crippen LogP) is 1.90. The van der Waals surface area contributed by atoms with E-state index in [1.54, 1.807) is 6.20 Å². The highest BCUT2D eigenvalue weighted by atomic mass is 19.4. The molecule has 0 saturated heterocycles. The number of aliphatic hydroxyl groups excluding tert-OH is 1. The van der Waals surface area contributed by atoms with Crippen LogP contribution in [-0.2, 0) is 19.3 Å². The molecule has 2 rings (SSSR count). The second-order valence-corrected chi connectivity index (χ2v) is 4.06. The van der Waals surface area contributed by atoms with Gasteiger partial charge in [-0.3, -0.25) is 9.67 Å². The van der Waals surface area contributed by atoms with Gasteiger partial charge in [-0.2, -0.15) is 18.3 Å². The van der Waals surface area contributed by atoms with Gasteiger partial charge in [-0.05, 0) is 12.1 Å². The van der Waals surface area contributed by atoms with Gasteiger partial charge in [-0.15, -0.1) is 0 Å². The number of hydrogen-bond donors (Lipinski definition) is 2. The molecule has 20 heavy (non-hydrogen) atoms. The van der Waals surface area contributed by atoms with Gasteiger partial charge in [0.1, 0.15) is 0 Å². The average Bonchev–Trinajstić information content (AvgIpc) is 2.84. The standard InChI is InChI=1S/C12H13F3N4O/c13-12(14,15)10-2-1-3-16-11(10)7-17-9-6-18-19(8-9)4-5-20/h1-3,6,8,17,20H,4-5,7H2. The highest BCUT2D eigenvalue weighted by Crippen LogP contribution is 2.31. The summed E-state index contributed by atoms with van der Waals surface area (Å²) >= 11 is 0. The van der Waals surface area contributed by atoms with Gasteiger partial charge < -0.3 is 10.4 Å². The molecule has 108 valence electrons. The Morgan fingerprint density at radius 1 is 1.35 bits per heavy atom. The summed E-state index contributed by atoms with van der Waals surface area (Å²) < 4.78 is 39.8. The molecular formula is C12H13F3N4O. The van der Waals surface area contributed by atoms with E-state index in [1.807, 2.05) is 0 Å². The van der Waals surface area contributed by atoms with Crippen molar-refractivity contribution in [3.05, 3.63) is 42.0 Å². The number of alkyl halides is 3. The lowest BCUT2D eigenvalue weighted by Crippen LogP contribution is -2.13. The Labute approximate surface area is 113 Å². The average molecular weight is 286 g/mol. The maximum atomic E-state index is 12.8. The summed E-state index contributed by atoms with van der Waals surface area (Å²) in [7, 11) is 0. The number of hydrogen-bond acceptors (Lipinski definition) is 4. The Bertz CT molecular complexity index is 568. The first-order chi connectivity index (χ1) is 9.50. The molecule has 0 atom stereocenters. The molecule has 0 amide bonds. The van der Waals surface area contributed by atoms with Gasteiger partial charge in [-0.1, -0.05) is 0 Å².